The normalized spacial score (nSPS) is 12.1. The van der Waals surface area contributed by atoms with Crippen LogP contribution in [0.25, 0.3) is 0 Å². The van der Waals surface area contributed by atoms with E-state index in [2.05, 4.69) is 10.1 Å². The molecular weight excluding hydrogens is 256 g/mol. The van der Waals surface area contributed by atoms with Crippen LogP contribution in [-0.2, 0) is 16.1 Å². The van der Waals surface area contributed by atoms with Gasteiger partial charge in [0.15, 0.2) is 0 Å². The molecule has 20 heavy (non-hydrogen) atoms. The summed E-state index contributed by atoms with van der Waals surface area (Å²) in [5.41, 5.74) is 7.18. The first-order valence-corrected chi connectivity index (χ1v) is 6.64. The summed E-state index contributed by atoms with van der Waals surface area (Å²) in [6.07, 6.45) is 0.660. The van der Waals surface area contributed by atoms with Crippen LogP contribution in [-0.4, -0.2) is 25.0 Å². The molecular formula is C15H22N2O3. The highest BCUT2D eigenvalue weighted by Crippen LogP contribution is 2.06. The molecule has 0 bridgehead atoms. The number of rotatable bonds is 6. The monoisotopic (exact) mass is 278 g/mol. The van der Waals surface area contributed by atoms with Gasteiger partial charge in [-0.1, -0.05) is 26.0 Å². The predicted octanol–water partition coefficient (Wildman–Crippen LogP) is 1.46. The van der Waals surface area contributed by atoms with Crippen molar-refractivity contribution in [2.24, 2.45) is 11.7 Å². The molecule has 1 amide bonds. The van der Waals surface area contributed by atoms with Gasteiger partial charge in [-0.05, 0) is 30.0 Å². The largest absolute Gasteiger partial charge is 0.465 e. The molecule has 0 aliphatic carbocycles. The van der Waals surface area contributed by atoms with Crippen molar-refractivity contribution in [2.75, 3.05) is 7.11 Å². The molecule has 0 fully saturated rings. The van der Waals surface area contributed by atoms with Crippen LogP contribution in [0.1, 0.15) is 36.2 Å². The third-order valence-corrected chi connectivity index (χ3v) is 2.90. The number of ether oxygens (including phenoxy) is 1. The molecule has 110 valence electrons. The van der Waals surface area contributed by atoms with Gasteiger partial charge in [0.1, 0.15) is 0 Å². The van der Waals surface area contributed by atoms with Crippen LogP contribution in [0.2, 0.25) is 0 Å². The summed E-state index contributed by atoms with van der Waals surface area (Å²) in [5, 5.41) is 2.79. The average molecular weight is 278 g/mol. The molecule has 1 atom stereocenters. The second-order valence-corrected chi connectivity index (χ2v) is 5.14. The standard InChI is InChI=1S/C15H22N2O3/c1-10(2)8-13(16)14(18)17-9-11-4-6-12(7-5-11)15(19)20-3/h4-7,10,13H,8-9,16H2,1-3H3,(H,17,18). The number of benzene rings is 1. The maximum absolute atomic E-state index is 11.8. The summed E-state index contributed by atoms with van der Waals surface area (Å²) in [4.78, 5) is 23.0. The second kappa shape index (κ2) is 7.65. The smallest absolute Gasteiger partial charge is 0.337 e. The minimum atomic E-state index is -0.482. The maximum Gasteiger partial charge on any atom is 0.337 e. The summed E-state index contributed by atoms with van der Waals surface area (Å²) in [7, 11) is 1.34. The highest BCUT2D eigenvalue weighted by Gasteiger charge is 2.14. The van der Waals surface area contributed by atoms with Crippen LogP contribution in [0.15, 0.2) is 24.3 Å². The summed E-state index contributed by atoms with van der Waals surface area (Å²) < 4.78 is 4.62. The van der Waals surface area contributed by atoms with Gasteiger partial charge in [0, 0.05) is 6.54 Å². The molecule has 1 unspecified atom stereocenters. The average Bonchev–Trinajstić information content (AvgIpc) is 2.43. The fraction of sp³-hybridized carbons (Fsp3) is 0.467. The lowest BCUT2D eigenvalue weighted by Gasteiger charge is -2.14. The predicted molar refractivity (Wildman–Crippen MR) is 77.1 cm³/mol. The van der Waals surface area contributed by atoms with Crippen molar-refractivity contribution in [1.29, 1.82) is 0 Å². The van der Waals surface area contributed by atoms with E-state index in [0.717, 1.165) is 5.56 Å². The number of hydrogen-bond acceptors (Lipinski definition) is 4. The Morgan fingerprint density at radius 1 is 1.25 bits per heavy atom. The molecule has 0 aromatic heterocycles. The number of hydrogen-bond donors (Lipinski definition) is 2. The topological polar surface area (TPSA) is 81.4 Å². The zero-order chi connectivity index (χ0) is 15.1. The van der Waals surface area contributed by atoms with Gasteiger partial charge >= 0.3 is 5.97 Å². The highest BCUT2D eigenvalue weighted by atomic mass is 16.5. The van der Waals surface area contributed by atoms with E-state index in [1.165, 1.54) is 7.11 Å². The Labute approximate surface area is 119 Å². The Balaban J connectivity index is 2.49. The third-order valence-electron chi connectivity index (χ3n) is 2.90. The minimum absolute atomic E-state index is 0.157. The van der Waals surface area contributed by atoms with Crippen LogP contribution in [0.5, 0.6) is 0 Å². The quantitative estimate of drug-likeness (QED) is 0.772. The molecule has 5 nitrogen and oxygen atoms in total. The summed E-state index contributed by atoms with van der Waals surface area (Å²) >= 11 is 0. The Morgan fingerprint density at radius 3 is 2.35 bits per heavy atom. The molecule has 1 aromatic carbocycles. The second-order valence-electron chi connectivity index (χ2n) is 5.14. The van der Waals surface area contributed by atoms with Gasteiger partial charge in [0.05, 0.1) is 18.7 Å². The number of amides is 1. The fourth-order valence-electron chi connectivity index (χ4n) is 1.81. The van der Waals surface area contributed by atoms with Crippen molar-refractivity contribution >= 4 is 11.9 Å². The molecule has 0 heterocycles. The van der Waals surface area contributed by atoms with Gasteiger partial charge < -0.3 is 15.8 Å². The van der Waals surface area contributed by atoms with Crippen molar-refractivity contribution in [3.05, 3.63) is 35.4 Å². The first-order chi connectivity index (χ1) is 9.43. The van der Waals surface area contributed by atoms with Crippen LogP contribution >= 0.6 is 0 Å². The van der Waals surface area contributed by atoms with Gasteiger partial charge in [-0.2, -0.15) is 0 Å². The first kappa shape index (κ1) is 16.2. The van der Waals surface area contributed by atoms with Gasteiger partial charge in [0.2, 0.25) is 5.91 Å². The Morgan fingerprint density at radius 2 is 1.85 bits per heavy atom. The Hall–Kier alpha value is -1.88. The zero-order valence-electron chi connectivity index (χ0n) is 12.2. The van der Waals surface area contributed by atoms with E-state index in [0.29, 0.717) is 24.4 Å². The molecule has 0 saturated heterocycles. The number of carbonyl (C=O) groups is 2. The van der Waals surface area contributed by atoms with E-state index in [9.17, 15) is 9.59 Å². The van der Waals surface area contributed by atoms with Gasteiger partial charge in [-0.3, -0.25) is 4.79 Å². The van der Waals surface area contributed by atoms with E-state index in [1.807, 2.05) is 13.8 Å². The minimum Gasteiger partial charge on any atom is -0.465 e. The van der Waals surface area contributed by atoms with Crippen molar-refractivity contribution in [1.82, 2.24) is 5.32 Å². The van der Waals surface area contributed by atoms with Crippen LogP contribution in [0, 0.1) is 5.92 Å². The lowest BCUT2D eigenvalue weighted by Crippen LogP contribution is -2.41. The lowest BCUT2D eigenvalue weighted by atomic mass is 10.0. The molecule has 5 heteroatoms. The van der Waals surface area contributed by atoms with Crippen LogP contribution < -0.4 is 11.1 Å². The number of carbonyl (C=O) groups excluding carboxylic acids is 2. The van der Waals surface area contributed by atoms with E-state index in [1.54, 1.807) is 24.3 Å². The van der Waals surface area contributed by atoms with E-state index in [-0.39, 0.29) is 11.9 Å². The van der Waals surface area contributed by atoms with Crippen molar-refractivity contribution in [3.63, 3.8) is 0 Å². The van der Waals surface area contributed by atoms with Crippen LogP contribution in [0.4, 0.5) is 0 Å². The lowest BCUT2D eigenvalue weighted by molar-refractivity contribution is -0.122. The molecule has 0 spiro atoms. The Bertz CT molecular complexity index is 455. The summed E-state index contributed by atoms with van der Waals surface area (Å²) in [6.45, 7) is 4.45. The van der Waals surface area contributed by atoms with Crippen molar-refractivity contribution in [2.45, 2.75) is 32.9 Å². The number of esters is 1. The zero-order valence-corrected chi connectivity index (χ0v) is 12.2. The van der Waals surface area contributed by atoms with Gasteiger partial charge in [-0.25, -0.2) is 4.79 Å². The molecule has 0 radical (unpaired) electrons. The fourth-order valence-corrected chi connectivity index (χ4v) is 1.81. The first-order valence-electron chi connectivity index (χ1n) is 6.64. The Kier molecular flexibility index (Phi) is 6.18. The molecule has 0 aliphatic rings. The number of nitrogens with one attached hydrogen (secondary N) is 1. The molecule has 0 saturated carbocycles. The van der Waals surface area contributed by atoms with Crippen LogP contribution in [0.3, 0.4) is 0 Å². The SMILES string of the molecule is COC(=O)c1ccc(CNC(=O)C(N)CC(C)C)cc1. The van der Waals surface area contributed by atoms with Crippen molar-refractivity contribution < 1.29 is 14.3 Å². The molecule has 0 aliphatic heterocycles. The summed E-state index contributed by atoms with van der Waals surface area (Å²) in [6, 6.07) is 6.41. The number of methoxy groups -OCH3 is 1. The van der Waals surface area contributed by atoms with Gasteiger partial charge in [0.25, 0.3) is 0 Å². The molecule has 1 rings (SSSR count). The van der Waals surface area contributed by atoms with E-state index < -0.39 is 6.04 Å². The van der Waals surface area contributed by atoms with Crippen molar-refractivity contribution in [3.8, 4) is 0 Å². The highest BCUT2D eigenvalue weighted by molar-refractivity contribution is 5.89. The molecule has 1 aromatic rings. The molecule has 3 N–H and O–H groups in total. The maximum atomic E-state index is 11.8. The van der Waals surface area contributed by atoms with E-state index in [4.69, 9.17) is 5.73 Å². The number of nitrogens with two attached hydrogens (primary N) is 1. The third kappa shape index (κ3) is 5.01. The summed E-state index contributed by atoms with van der Waals surface area (Å²) in [5.74, 6) is -0.148. The van der Waals surface area contributed by atoms with E-state index >= 15 is 0 Å². The van der Waals surface area contributed by atoms with Gasteiger partial charge in [-0.15, -0.1) is 0 Å².